The molecule has 0 spiro atoms. The Balaban J connectivity index is 1.33. The summed E-state index contributed by atoms with van der Waals surface area (Å²) in [6.07, 6.45) is 2.78. The molecule has 2 aliphatic heterocycles. The molecule has 0 saturated heterocycles. The van der Waals surface area contributed by atoms with E-state index in [1.54, 1.807) is 66.4 Å². The van der Waals surface area contributed by atoms with Crippen LogP contribution in [0.4, 0.5) is 11.4 Å². The maximum atomic E-state index is 13.9. The second kappa shape index (κ2) is 12.9. The Morgan fingerprint density at radius 3 is 2.57 bits per heavy atom. The van der Waals surface area contributed by atoms with Crippen LogP contribution < -0.4 is 10.2 Å². The lowest BCUT2D eigenvalue weighted by molar-refractivity contribution is -0.139. The number of hydrogen-bond donors (Lipinski definition) is 4. The molecule has 230 valence electrons. The molecule has 0 bridgehead atoms. The van der Waals surface area contributed by atoms with E-state index in [0.717, 1.165) is 11.1 Å². The molecule has 3 aromatic rings. The molecule has 2 heterocycles. The van der Waals surface area contributed by atoms with Crippen molar-refractivity contribution in [2.75, 3.05) is 16.8 Å². The van der Waals surface area contributed by atoms with Crippen LogP contribution in [0.5, 0.6) is 0 Å². The molecule has 0 aromatic heterocycles. The van der Waals surface area contributed by atoms with Gasteiger partial charge in [0.2, 0.25) is 5.91 Å². The first-order valence-corrected chi connectivity index (χ1v) is 15.0. The molecule has 2 aliphatic rings. The average Bonchev–Trinajstić information content (AvgIpc) is 3.22. The number of aliphatic hydroxyl groups is 3. The number of halogens is 1. The number of nitrogens with zero attached hydrogens (tertiary/aromatic N) is 2. The summed E-state index contributed by atoms with van der Waals surface area (Å²) < 4.78 is 0. The highest BCUT2D eigenvalue weighted by atomic mass is 35.5. The zero-order valence-corrected chi connectivity index (χ0v) is 25.4. The van der Waals surface area contributed by atoms with Gasteiger partial charge in [0, 0.05) is 35.2 Å². The molecule has 4 atom stereocenters. The van der Waals surface area contributed by atoms with Gasteiger partial charge in [-0.1, -0.05) is 67.1 Å². The van der Waals surface area contributed by atoms with E-state index < -0.39 is 29.4 Å². The van der Waals surface area contributed by atoms with Crippen molar-refractivity contribution in [1.29, 1.82) is 0 Å². The Morgan fingerprint density at radius 1 is 1.09 bits per heavy atom. The van der Waals surface area contributed by atoms with Crippen LogP contribution in [0.1, 0.15) is 42.5 Å². The van der Waals surface area contributed by atoms with Gasteiger partial charge < -0.3 is 30.4 Å². The number of aliphatic hydroxyl groups excluding tert-OH is 2. The van der Waals surface area contributed by atoms with E-state index in [4.69, 9.17) is 11.6 Å². The minimum Gasteiger partial charge on any atom is -0.394 e. The lowest BCUT2D eigenvalue weighted by Crippen LogP contribution is -2.46. The van der Waals surface area contributed by atoms with Crippen molar-refractivity contribution < 1.29 is 29.7 Å². The molecule has 4 N–H and O–H groups in total. The third-order valence-corrected chi connectivity index (χ3v) is 8.64. The van der Waals surface area contributed by atoms with Crippen molar-refractivity contribution in [3.8, 4) is 0 Å². The van der Waals surface area contributed by atoms with Crippen LogP contribution in [-0.2, 0) is 39.5 Å². The van der Waals surface area contributed by atoms with Crippen molar-refractivity contribution in [2.24, 2.45) is 5.92 Å². The zero-order valence-electron chi connectivity index (χ0n) is 24.6. The number of anilines is 2. The van der Waals surface area contributed by atoms with Gasteiger partial charge in [0.15, 0.2) is 5.60 Å². The lowest BCUT2D eigenvalue weighted by Gasteiger charge is -2.36. The summed E-state index contributed by atoms with van der Waals surface area (Å²) in [5.74, 6) is -1.95. The van der Waals surface area contributed by atoms with Crippen LogP contribution in [0, 0.1) is 5.92 Å². The smallest absolute Gasteiger partial charge is 0.264 e. The molecule has 0 radical (unpaired) electrons. The average molecular weight is 618 g/mol. The van der Waals surface area contributed by atoms with E-state index in [-0.39, 0.29) is 31.5 Å². The Morgan fingerprint density at radius 2 is 1.84 bits per heavy atom. The molecule has 0 fully saturated rings. The summed E-state index contributed by atoms with van der Waals surface area (Å²) >= 11 is 6.31. The van der Waals surface area contributed by atoms with E-state index in [1.807, 2.05) is 24.3 Å². The number of amides is 3. The van der Waals surface area contributed by atoms with Gasteiger partial charge in [0.05, 0.1) is 24.9 Å². The number of rotatable bonds is 9. The first kappa shape index (κ1) is 31.4. The van der Waals surface area contributed by atoms with Gasteiger partial charge in [-0.05, 0) is 60.4 Å². The standard InChI is InChI=1S/C34H36ClN3O6/c1-21(7-5-12-31(41)37-19-25-10-4-3-9-24(25)16-28(37)20-39)34(44)29-17-26(35)13-14-30(29)38(33(34)43)18-23-8-6-11-27(15-23)36-32(42)22(2)40/h3-11,13-15,17,21-22,28,39-40,44H,12,16,18-20H2,1-2H3,(H,36,42)/b7-5+/t21-,22-,28-,34+/m0/s1. The molecule has 0 aliphatic carbocycles. The molecular weight excluding hydrogens is 582 g/mol. The van der Waals surface area contributed by atoms with E-state index in [2.05, 4.69) is 5.32 Å². The Hall–Kier alpha value is -4.02. The van der Waals surface area contributed by atoms with Gasteiger partial charge in [0.1, 0.15) is 6.10 Å². The van der Waals surface area contributed by atoms with Crippen molar-refractivity contribution >= 4 is 40.7 Å². The fourth-order valence-corrected chi connectivity index (χ4v) is 6.10. The van der Waals surface area contributed by atoms with Crippen molar-refractivity contribution in [3.63, 3.8) is 0 Å². The Bertz CT molecular complexity index is 1610. The summed E-state index contributed by atoms with van der Waals surface area (Å²) in [5.41, 5.74) is 2.28. The van der Waals surface area contributed by atoms with E-state index in [0.29, 0.717) is 40.5 Å². The van der Waals surface area contributed by atoms with E-state index >= 15 is 0 Å². The molecule has 0 unspecified atom stereocenters. The van der Waals surface area contributed by atoms with Gasteiger partial charge in [-0.2, -0.15) is 0 Å². The predicted molar refractivity (Wildman–Crippen MR) is 168 cm³/mol. The van der Waals surface area contributed by atoms with Crippen LogP contribution in [-0.4, -0.2) is 56.7 Å². The monoisotopic (exact) mass is 617 g/mol. The first-order valence-electron chi connectivity index (χ1n) is 14.6. The highest BCUT2D eigenvalue weighted by molar-refractivity contribution is 6.31. The topological polar surface area (TPSA) is 130 Å². The molecule has 9 nitrogen and oxygen atoms in total. The third-order valence-electron chi connectivity index (χ3n) is 8.41. The van der Waals surface area contributed by atoms with Crippen molar-refractivity contribution in [3.05, 3.63) is 106 Å². The lowest BCUT2D eigenvalue weighted by atomic mass is 9.83. The molecule has 3 amide bonds. The van der Waals surface area contributed by atoms with Crippen LogP contribution in [0.2, 0.25) is 5.02 Å². The van der Waals surface area contributed by atoms with Crippen LogP contribution in [0.15, 0.2) is 78.9 Å². The first-order chi connectivity index (χ1) is 21.0. The summed E-state index contributed by atoms with van der Waals surface area (Å²) in [4.78, 5) is 42.3. The minimum absolute atomic E-state index is 0.0460. The van der Waals surface area contributed by atoms with Gasteiger partial charge in [-0.3, -0.25) is 14.4 Å². The van der Waals surface area contributed by atoms with E-state index in [9.17, 15) is 29.7 Å². The Kier molecular flexibility index (Phi) is 9.22. The van der Waals surface area contributed by atoms with E-state index in [1.165, 1.54) is 11.8 Å². The fraction of sp³-hybridized carbons (Fsp3) is 0.324. The summed E-state index contributed by atoms with van der Waals surface area (Å²) in [6.45, 7) is 3.47. The summed E-state index contributed by atoms with van der Waals surface area (Å²) in [6, 6.07) is 19.4. The second-order valence-electron chi connectivity index (χ2n) is 11.4. The van der Waals surface area contributed by atoms with Crippen molar-refractivity contribution in [1.82, 2.24) is 4.90 Å². The highest BCUT2D eigenvalue weighted by Crippen LogP contribution is 2.46. The zero-order chi connectivity index (χ0) is 31.6. The normalized spacial score (nSPS) is 20.8. The number of nitrogens with one attached hydrogen (secondary N) is 1. The highest BCUT2D eigenvalue weighted by Gasteiger charge is 2.52. The molecular formula is C34H36ClN3O6. The molecule has 3 aromatic carbocycles. The maximum absolute atomic E-state index is 13.9. The quantitative estimate of drug-likeness (QED) is 0.269. The van der Waals surface area contributed by atoms with Gasteiger partial charge in [-0.15, -0.1) is 0 Å². The van der Waals surface area contributed by atoms with Gasteiger partial charge in [0.25, 0.3) is 11.8 Å². The fourth-order valence-electron chi connectivity index (χ4n) is 5.92. The van der Waals surface area contributed by atoms with Gasteiger partial charge >= 0.3 is 0 Å². The third kappa shape index (κ3) is 6.14. The summed E-state index contributed by atoms with van der Waals surface area (Å²) in [5, 5.41) is 34.5. The molecule has 44 heavy (non-hydrogen) atoms. The largest absolute Gasteiger partial charge is 0.394 e. The van der Waals surface area contributed by atoms with Crippen molar-refractivity contribution in [2.45, 2.75) is 57.5 Å². The maximum Gasteiger partial charge on any atom is 0.264 e. The minimum atomic E-state index is -1.93. The number of benzene rings is 3. The SMILES string of the molecule is C[C@H](O)C(=O)Nc1cccc(CN2C(=O)[C@@](O)([C@@H](C)/C=C/CC(=O)N3Cc4ccccc4C[C@H]3CO)c3cc(Cl)ccc32)c1. The number of carbonyl (C=O) groups is 3. The Labute approximate surface area is 261 Å². The summed E-state index contributed by atoms with van der Waals surface area (Å²) in [7, 11) is 0. The van der Waals surface area contributed by atoms with Crippen LogP contribution >= 0.6 is 11.6 Å². The van der Waals surface area contributed by atoms with Crippen LogP contribution in [0.3, 0.4) is 0 Å². The number of fused-ring (bicyclic) bond motifs is 2. The van der Waals surface area contributed by atoms with Gasteiger partial charge in [-0.25, -0.2) is 0 Å². The molecule has 10 heteroatoms. The van der Waals surface area contributed by atoms with Crippen LogP contribution in [0.25, 0.3) is 0 Å². The molecule has 0 saturated carbocycles. The number of carbonyl (C=O) groups excluding carboxylic acids is 3. The number of hydrogen-bond acceptors (Lipinski definition) is 6. The predicted octanol–water partition coefficient (Wildman–Crippen LogP) is 3.92. The second-order valence-corrected chi connectivity index (χ2v) is 11.9. The molecule has 5 rings (SSSR count).